The van der Waals surface area contributed by atoms with E-state index in [0.29, 0.717) is 16.3 Å². The summed E-state index contributed by atoms with van der Waals surface area (Å²) in [6.07, 6.45) is 0. The minimum Gasteiger partial charge on any atom is -0.467 e. The van der Waals surface area contributed by atoms with Crippen LogP contribution in [0.15, 0.2) is 48.5 Å². The highest BCUT2D eigenvalue weighted by Crippen LogP contribution is 2.26. The van der Waals surface area contributed by atoms with Crippen LogP contribution in [0, 0.1) is 5.82 Å². The first kappa shape index (κ1) is 14.3. The summed E-state index contributed by atoms with van der Waals surface area (Å²) in [5.74, 6) is -0.841. The SMILES string of the molecule is COC(=O)C(Nc1ccccc1Cl)c1ccc(F)cc1. The number of methoxy groups -OCH3 is 1. The van der Waals surface area contributed by atoms with Gasteiger partial charge in [-0.05, 0) is 29.8 Å². The van der Waals surface area contributed by atoms with Gasteiger partial charge in [0.1, 0.15) is 5.82 Å². The Kier molecular flexibility index (Phi) is 4.58. The molecular weight excluding hydrogens is 281 g/mol. The fourth-order valence-electron chi connectivity index (χ4n) is 1.79. The number of halogens is 2. The van der Waals surface area contributed by atoms with E-state index < -0.39 is 12.0 Å². The zero-order valence-electron chi connectivity index (χ0n) is 10.8. The molecule has 2 aromatic carbocycles. The molecule has 0 aliphatic carbocycles. The maximum absolute atomic E-state index is 13.0. The first-order chi connectivity index (χ1) is 9.61. The van der Waals surface area contributed by atoms with Crippen LogP contribution >= 0.6 is 11.6 Å². The number of ether oxygens (including phenoxy) is 1. The zero-order chi connectivity index (χ0) is 14.5. The van der Waals surface area contributed by atoms with Gasteiger partial charge in [-0.25, -0.2) is 9.18 Å². The molecular formula is C15H13ClFNO2. The second-order valence-corrected chi connectivity index (χ2v) is 4.54. The molecule has 0 fully saturated rings. The van der Waals surface area contributed by atoms with Crippen LogP contribution in [0.3, 0.4) is 0 Å². The van der Waals surface area contributed by atoms with E-state index >= 15 is 0 Å². The van der Waals surface area contributed by atoms with E-state index in [0.717, 1.165) is 0 Å². The van der Waals surface area contributed by atoms with E-state index in [4.69, 9.17) is 16.3 Å². The van der Waals surface area contributed by atoms with Crippen molar-refractivity contribution in [3.05, 3.63) is 64.9 Å². The summed E-state index contributed by atoms with van der Waals surface area (Å²) in [6, 6.07) is 11.9. The van der Waals surface area contributed by atoms with Gasteiger partial charge in [0, 0.05) is 0 Å². The Balaban J connectivity index is 2.31. The van der Waals surface area contributed by atoms with E-state index in [1.165, 1.54) is 31.4 Å². The van der Waals surface area contributed by atoms with Crippen LogP contribution in [0.5, 0.6) is 0 Å². The Morgan fingerprint density at radius 2 is 1.85 bits per heavy atom. The second kappa shape index (κ2) is 6.39. The lowest BCUT2D eigenvalue weighted by atomic mass is 10.1. The van der Waals surface area contributed by atoms with Gasteiger partial charge in [-0.1, -0.05) is 35.9 Å². The lowest BCUT2D eigenvalue weighted by Crippen LogP contribution is -2.22. The van der Waals surface area contributed by atoms with Gasteiger partial charge in [0.25, 0.3) is 0 Å². The molecule has 0 aliphatic rings. The number of rotatable bonds is 4. The lowest BCUT2D eigenvalue weighted by Gasteiger charge is -2.18. The van der Waals surface area contributed by atoms with Gasteiger partial charge < -0.3 is 10.1 Å². The van der Waals surface area contributed by atoms with Crippen molar-refractivity contribution in [1.82, 2.24) is 0 Å². The Morgan fingerprint density at radius 1 is 1.20 bits per heavy atom. The molecule has 3 nitrogen and oxygen atoms in total. The number of carbonyl (C=O) groups is 1. The van der Waals surface area contributed by atoms with E-state index in [9.17, 15) is 9.18 Å². The molecule has 1 unspecified atom stereocenters. The Labute approximate surface area is 121 Å². The van der Waals surface area contributed by atoms with Gasteiger partial charge in [-0.15, -0.1) is 0 Å². The number of hydrogen-bond acceptors (Lipinski definition) is 3. The van der Waals surface area contributed by atoms with Crippen molar-refractivity contribution in [3.8, 4) is 0 Å². The predicted octanol–water partition coefficient (Wildman–Crippen LogP) is 3.81. The van der Waals surface area contributed by atoms with Crippen molar-refractivity contribution in [2.24, 2.45) is 0 Å². The smallest absolute Gasteiger partial charge is 0.332 e. The van der Waals surface area contributed by atoms with E-state index in [1.807, 2.05) is 0 Å². The summed E-state index contributed by atoms with van der Waals surface area (Å²) < 4.78 is 17.7. The topological polar surface area (TPSA) is 38.3 Å². The normalized spacial score (nSPS) is 11.8. The molecule has 1 N–H and O–H groups in total. The molecule has 0 spiro atoms. The van der Waals surface area contributed by atoms with Crippen molar-refractivity contribution < 1.29 is 13.9 Å². The number of anilines is 1. The fourth-order valence-corrected chi connectivity index (χ4v) is 1.98. The molecule has 104 valence electrons. The number of esters is 1. The molecule has 2 rings (SSSR count). The molecule has 1 atom stereocenters. The predicted molar refractivity (Wildman–Crippen MR) is 76.2 cm³/mol. The van der Waals surface area contributed by atoms with Crippen molar-refractivity contribution in [3.63, 3.8) is 0 Å². The van der Waals surface area contributed by atoms with Gasteiger partial charge in [0.2, 0.25) is 0 Å². The first-order valence-electron chi connectivity index (χ1n) is 5.96. The summed E-state index contributed by atoms with van der Waals surface area (Å²) in [4.78, 5) is 11.9. The minimum absolute atomic E-state index is 0.366. The van der Waals surface area contributed by atoms with Gasteiger partial charge in [-0.2, -0.15) is 0 Å². The Bertz CT molecular complexity index is 601. The molecule has 0 saturated carbocycles. The highest BCUT2D eigenvalue weighted by atomic mass is 35.5. The maximum atomic E-state index is 13.0. The van der Waals surface area contributed by atoms with Crippen molar-refractivity contribution in [1.29, 1.82) is 0 Å². The number of para-hydroxylation sites is 1. The molecule has 0 amide bonds. The molecule has 5 heteroatoms. The molecule has 0 bridgehead atoms. The zero-order valence-corrected chi connectivity index (χ0v) is 11.5. The summed E-state index contributed by atoms with van der Waals surface area (Å²) >= 11 is 6.05. The Morgan fingerprint density at radius 3 is 2.45 bits per heavy atom. The van der Waals surface area contributed by atoms with Crippen LogP contribution in [0.1, 0.15) is 11.6 Å². The van der Waals surface area contributed by atoms with Crippen LogP contribution in [0.4, 0.5) is 10.1 Å². The van der Waals surface area contributed by atoms with Gasteiger partial charge in [0.05, 0.1) is 17.8 Å². The molecule has 2 aromatic rings. The molecule has 0 aliphatic heterocycles. The molecule has 0 heterocycles. The van der Waals surface area contributed by atoms with Crippen molar-refractivity contribution in [2.75, 3.05) is 12.4 Å². The molecule has 20 heavy (non-hydrogen) atoms. The van der Waals surface area contributed by atoms with Crippen molar-refractivity contribution >= 4 is 23.3 Å². The largest absolute Gasteiger partial charge is 0.467 e. The summed E-state index contributed by atoms with van der Waals surface area (Å²) in [5.41, 5.74) is 1.20. The fraction of sp³-hybridized carbons (Fsp3) is 0.133. The third-order valence-electron chi connectivity index (χ3n) is 2.81. The second-order valence-electron chi connectivity index (χ2n) is 4.13. The van der Waals surface area contributed by atoms with Crippen molar-refractivity contribution in [2.45, 2.75) is 6.04 Å². The number of benzene rings is 2. The molecule has 0 radical (unpaired) electrons. The quantitative estimate of drug-likeness (QED) is 0.871. The Hall–Kier alpha value is -2.07. The maximum Gasteiger partial charge on any atom is 0.332 e. The standard InChI is InChI=1S/C15H13ClFNO2/c1-20-15(19)14(10-6-8-11(17)9-7-10)18-13-5-3-2-4-12(13)16/h2-9,14,18H,1H3. The number of nitrogens with one attached hydrogen (secondary N) is 1. The van der Waals surface area contributed by atoms with E-state index in [2.05, 4.69) is 5.32 Å². The van der Waals surface area contributed by atoms with Gasteiger partial charge in [0.15, 0.2) is 6.04 Å². The number of carbonyl (C=O) groups excluding carboxylic acids is 1. The molecule has 0 aromatic heterocycles. The van der Waals surface area contributed by atoms with Crippen LogP contribution in [0.25, 0.3) is 0 Å². The average molecular weight is 294 g/mol. The van der Waals surface area contributed by atoms with Crippen LogP contribution < -0.4 is 5.32 Å². The lowest BCUT2D eigenvalue weighted by molar-refractivity contribution is -0.141. The first-order valence-corrected chi connectivity index (χ1v) is 6.34. The number of hydrogen-bond donors (Lipinski definition) is 1. The van der Waals surface area contributed by atoms with Gasteiger partial charge in [-0.3, -0.25) is 0 Å². The van der Waals surface area contributed by atoms with Crippen LogP contribution in [-0.4, -0.2) is 13.1 Å². The third-order valence-corrected chi connectivity index (χ3v) is 3.14. The molecule has 0 saturated heterocycles. The third kappa shape index (κ3) is 3.27. The van der Waals surface area contributed by atoms with Crippen LogP contribution in [-0.2, 0) is 9.53 Å². The van der Waals surface area contributed by atoms with E-state index in [1.54, 1.807) is 24.3 Å². The highest BCUT2D eigenvalue weighted by Gasteiger charge is 2.22. The van der Waals surface area contributed by atoms with Gasteiger partial charge >= 0.3 is 5.97 Å². The van der Waals surface area contributed by atoms with E-state index in [-0.39, 0.29) is 5.82 Å². The average Bonchev–Trinajstić information content (AvgIpc) is 2.47. The summed E-state index contributed by atoms with van der Waals surface area (Å²) in [7, 11) is 1.30. The minimum atomic E-state index is -0.750. The summed E-state index contributed by atoms with van der Waals surface area (Å²) in [6.45, 7) is 0. The monoisotopic (exact) mass is 293 g/mol. The summed E-state index contributed by atoms with van der Waals surface area (Å²) in [5, 5.41) is 3.49. The van der Waals surface area contributed by atoms with Crippen LogP contribution in [0.2, 0.25) is 5.02 Å². The highest BCUT2D eigenvalue weighted by molar-refractivity contribution is 6.33.